The molecule has 0 aliphatic carbocycles. The summed E-state index contributed by atoms with van der Waals surface area (Å²) in [5.41, 5.74) is 1.57. The van der Waals surface area contributed by atoms with Crippen LogP contribution >= 0.6 is 0 Å². The van der Waals surface area contributed by atoms with Crippen molar-refractivity contribution in [3.8, 4) is 0 Å². The van der Waals surface area contributed by atoms with Crippen molar-refractivity contribution in [2.45, 2.75) is 40.3 Å². The molecule has 204 valence electrons. The van der Waals surface area contributed by atoms with Crippen molar-refractivity contribution in [1.29, 1.82) is 0 Å². The molecule has 2 aromatic carbocycles. The average molecular weight is 535 g/mol. The van der Waals surface area contributed by atoms with Gasteiger partial charge in [0.1, 0.15) is 5.82 Å². The number of hydrogen-bond donors (Lipinski definition) is 0. The van der Waals surface area contributed by atoms with E-state index in [1.54, 1.807) is 53.1 Å². The van der Waals surface area contributed by atoms with Crippen molar-refractivity contribution in [2.24, 2.45) is 0 Å². The molecule has 39 heavy (non-hydrogen) atoms. The number of piperazine rings is 1. The fourth-order valence-electron chi connectivity index (χ4n) is 4.62. The zero-order valence-electron chi connectivity index (χ0n) is 22.4. The van der Waals surface area contributed by atoms with Gasteiger partial charge in [0.05, 0.1) is 16.6 Å². The molecule has 4 rings (SSSR count). The Labute approximate surface area is 225 Å². The monoisotopic (exact) mass is 534 g/mol. The molecule has 10 heteroatoms. The number of carbonyl (C=O) groups excluding carboxylic acids is 3. The smallest absolute Gasteiger partial charge is 0.304 e. The van der Waals surface area contributed by atoms with Gasteiger partial charge in [0, 0.05) is 51.0 Å². The molecule has 1 fully saturated rings. The predicted octanol–water partition coefficient (Wildman–Crippen LogP) is 3.46. The van der Waals surface area contributed by atoms with Crippen LogP contribution in [0.4, 0.5) is 4.39 Å². The highest BCUT2D eigenvalue weighted by atomic mass is 19.1. The molecule has 1 saturated heterocycles. The molecule has 1 unspecified atom stereocenters. The van der Waals surface area contributed by atoms with Gasteiger partial charge < -0.3 is 14.5 Å². The van der Waals surface area contributed by atoms with Crippen LogP contribution in [0, 0.1) is 5.82 Å². The maximum atomic E-state index is 14.8. The summed E-state index contributed by atoms with van der Waals surface area (Å²) in [6.07, 6.45) is 0.846. The highest BCUT2D eigenvalue weighted by molar-refractivity contribution is 5.95. The van der Waals surface area contributed by atoms with E-state index in [0.29, 0.717) is 48.2 Å². The normalized spacial score (nSPS) is 14.2. The first-order valence-electron chi connectivity index (χ1n) is 12.7. The molecule has 0 N–H and O–H groups in total. The first kappa shape index (κ1) is 27.7. The lowest BCUT2D eigenvalue weighted by molar-refractivity contribution is -0.150. The average Bonchev–Trinajstić information content (AvgIpc) is 2.90. The van der Waals surface area contributed by atoms with E-state index in [4.69, 9.17) is 4.74 Å². The van der Waals surface area contributed by atoms with Gasteiger partial charge in [-0.05, 0) is 44.5 Å². The quantitative estimate of drug-likeness (QED) is 0.355. The van der Waals surface area contributed by atoms with E-state index in [2.05, 4.69) is 5.10 Å². The zero-order valence-corrected chi connectivity index (χ0v) is 22.4. The minimum Gasteiger partial charge on any atom is -0.440 e. The standard InChI is InChI=1S/C29H31FN4O5/c1-18(2)15-27(36)32-11-13-33(14-12-32)28(37)24-16-21(9-10-25(24)30)17-26-22-7-5-6-8-23(22)29(38)34(31-26)19(3)39-20(4)35/h5-10,15-16,19H,11-14,17H2,1-4H3. The van der Waals surface area contributed by atoms with Gasteiger partial charge in [-0.25, -0.2) is 4.39 Å². The van der Waals surface area contributed by atoms with E-state index < -0.39 is 29.5 Å². The Kier molecular flexibility index (Phi) is 8.23. The third-order valence-corrected chi connectivity index (χ3v) is 6.51. The first-order chi connectivity index (χ1) is 18.5. The number of benzene rings is 2. The van der Waals surface area contributed by atoms with Crippen molar-refractivity contribution in [2.75, 3.05) is 26.2 Å². The van der Waals surface area contributed by atoms with Gasteiger partial charge in [-0.3, -0.25) is 19.2 Å². The zero-order chi connectivity index (χ0) is 28.3. The summed E-state index contributed by atoms with van der Waals surface area (Å²) in [4.78, 5) is 53.3. The second-order valence-corrected chi connectivity index (χ2v) is 9.78. The van der Waals surface area contributed by atoms with E-state index >= 15 is 0 Å². The Bertz CT molecular complexity index is 1520. The predicted molar refractivity (Wildman–Crippen MR) is 144 cm³/mol. The van der Waals surface area contributed by atoms with Crippen LogP contribution < -0.4 is 5.56 Å². The van der Waals surface area contributed by atoms with E-state index in [1.807, 2.05) is 13.8 Å². The number of ether oxygens (including phenoxy) is 1. The molecule has 1 aromatic heterocycles. The van der Waals surface area contributed by atoms with Crippen molar-refractivity contribution >= 4 is 28.6 Å². The summed E-state index contributed by atoms with van der Waals surface area (Å²) >= 11 is 0. The number of allylic oxidation sites excluding steroid dienone is 1. The lowest BCUT2D eigenvalue weighted by Crippen LogP contribution is -2.50. The topological polar surface area (TPSA) is 102 Å². The van der Waals surface area contributed by atoms with Crippen LogP contribution in [0.3, 0.4) is 0 Å². The van der Waals surface area contributed by atoms with E-state index in [9.17, 15) is 23.6 Å². The van der Waals surface area contributed by atoms with Crippen molar-refractivity contribution in [1.82, 2.24) is 19.6 Å². The number of esters is 1. The highest BCUT2D eigenvalue weighted by Gasteiger charge is 2.26. The number of rotatable bonds is 6. The largest absolute Gasteiger partial charge is 0.440 e. The third-order valence-electron chi connectivity index (χ3n) is 6.51. The van der Waals surface area contributed by atoms with Crippen molar-refractivity contribution in [3.63, 3.8) is 0 Å². The highest BCUT2D eigenvalue weighted by Crippen LogP contribution is 2.21. The molecule has 0 radical (unpaired) electrons. The number of fused-ring (bicyclic) bond motifs is 1. The summed E-state index contributed by atoms with van der Waals surface area (Å²) in [5, 5.41) is 5.49. The SMILES string of the molecule is CC(=O)OC(C)n1nc(Cc2ccc(F)c(C(=O)N3CCN(C(=O)C=C(C)C)CC3)c2)c2ccccc2c1=O. The number of halogens is 1. The van der Waals surface area contributed by atoms with E-state index in [0.717, 1.165) is 10.3 Å². The van der Waals surface area contributed by atoms with Crippen LogP contribution in [-0.2, 0) is 20.7 Å². The Morgan fingerprint density at radius 2 is 1.64 bits per heavy atom. The second-order valence-electron chi connectivity index (χ2n) is 9.78. The third kappa shape index (κ3) is 6.22. The summed E-state index contributed by atoms with van der Waals surface area (Å²) in [5.74, 6) is -1.73. The molecule has 0 saturated carbocycles. The lowest BCUT2D eigenvalue weighted by atomic mass is 10.0. The van der Waals surface area contributed by atoms with Crippen LogP contribution in [-0.4, -0.2) is 63.5 Å². The van der Waals surface area contributed by atoms with E-state index in [1.165, 1.54) is 19.1 Å². The Hall–Kier alpha value is -4.34. The first-order valence-corrected chi connectivity index (χ1v) is 12.7. The molecule has 1 aliphatic heterocycles. The molecule has 9 nitrogen and oxygen atoms in total. The molecular formula is C29H31FN4O5. The van der Waals surface area contributed by atoms with Gasteiger partial charge in [-0.1, -0.05) is 29.8 Å². The maximum Gasteiger partial charge on any atom is 0.304 e. The van der Waals surface area contributed by atoms with E-state index in [-0.39, 0.29) is 17.9 Å². The number of nitrogens with zero attached hydrogens (tertiary/aromatic N) is 4. The van der Waals surface area contributed by atoms with Crippen molar-refractivity contribution in [3.05, 3.63) is 87.1 Å². The molecule has 1 atom stereocenters. The van der Waals surface area contributed by atoms with Crippen LogP contribution in [0.1, 0.15) is 55.5 Å². The van der Waals surface area contributed by atoms with Crippen molar-refractivity contribution < 1.29 is 23.5 Å². The number of carbonyl (C=O) groups is 3. The van der Waals surface area contributed by atoms with Gasteiger partial charge in [-0.15, -0.1) is 0 Å². The molecule has 0 spiro atoms. The lowest BCUT2D eigenvalue weighted by Gasteiger charge is -2.34. The molecule has 1 aliphatic rings. The minimum absolute atomic E-state index is 0.0671. The summed E-state index contributed by atoms with van der Waals surface area (Å²) in [6.45, 7) is 7.84. The van der Waals surface area contributed by atoms with Gasteiger partial charge >= 0.3 is 5.97 Å². The maximum absolute atomic E-state index is 14.8. The Morgan fingerprint density at radius 3 is 2.28 bits per heavy atom. The van der Waals surface area contributed by atoms with Gasteiger partial charge in [0.2, 0.25) is 5.91 Å². The molecule has 3 aromatic rings. The fraction of sp³-hybridized carbons (Fsp3) is 0.345. The second kappa shape index (κ2) is 11.6. The van der Waals surface area contributed by atoms with Gasteiger partial charge in [0.25, 0.3) is 11.5 Å². The summed E-state index contributed by atoms with van der Waals surface area (Å²) in [6, 6.07) is 11.3. The number of amides is 2. The molecule has 2 heterocycles. The number of aromatic nitrogens is 2. The molecule has 0 bridgehead atoms. The van der Waals surface area contributed by atoms with Crippen LogP contribution in [0.15, 0.2) is 58.9 Å². The molecular weight excluding hydrogens is 503 g/mol. The van der Waals surface area contributed by atoms with Crippen LogP contribution in [0.25, 0.3) is 10.8 Å². The van der Waals surface area contributed by atoms with Gasteiger partial charge in [-0.2, -0.15) is 9.78 Å². The van der Waals surface area contributed by atoms with Crippen LogP contribution in [0.5, 0.6) is 0 Å². The van der Waals surface area contributed by atoms with Crippen LogP contribution in [0.2, 0.25) is 0 Å². The minimum atomic E-state index is -0.925. The van der Waals surface area contributed by atoms with Gasteiger partial charge in [0.15, 0.2) is 6.23 Å². The number of hydrogen-bond acceptors (Lipinski definition) is 6. The summed E-state index contributed by atoms with van der Waals surface area (Å²) in [7, 11) is 0. The Balaban J connectivity index is 1.60. The molecule has 2 amide bonds. The Morgan fingerprint density at radius 1 is 1.00 bits per heavy atom. The summed E-state index contributed by atoms with van der Waals surface area (Å²) < 4.78 is 21.1. The fourth-order valence-corrected chi connectivity index (χ4v) is 4.62.